The maximum atomic E-state index is 5.73. The Morgan fingerprint density at radius 2 is 2.38 bits per heavy atom. The van der Waals surface area contributed by atoms with Crippen LogP contribution in [-0.4, -0.2) is 29.0 Å². The molecule has 1 aromatic rings. The number of hydrogen-bond donors (Lipinski definition) is 1. The van der Waals surface area contributed by atoms with Gasteiger partial charge >= 0.3 is 0 Å². The fourth-order valence-corrected chi connectivity index (χ4v) is 2.32. The van der Waals surface area contributed by atoms with Crippen LogP contribution in [0.5, 0.6) is 0 Å². The number of likely N-dealkylation sites (tertiary alicyclic amines) is 1. The number of rotatable bonds is 2. The van der Waals surface area contributed by atoms with Gasteiger partial charge < -0.3 is 5.73 Å². The van der Waals surface area contributed by atoms with E-state index in [0.717, 1.165) is 18.1 Å². The first kappa shape index (κ1) is 9.12. The second kappa shape index (κ2) is 3.36. The smallest absolute Gasteiger partial charge is 0.0898 e. The van der Waals surface area contributed by atoms with Crippen molar-refractivity contribution in [2.75, 3.05) is 13.1 Å². The van der Waals surface area contributed by atoms with Crippen LogP contribution in [0, 0.1) is 6.92 Å². The summed E-state index contributed by atoms with van der Waals surface area (Å²) in [5.74, 6) is 0. The number of aryl methyl sites for hydroxylation is 1. The Kier molecular flexibility index (Phi) is 2.36. The number of thiazole rings is 1. The minimum Gasteiger partial charge on any atom is -0.325 e. The molecule has 1 saturated heterocycles. The zero-order valence-corrected chi connectivity index (χ0v) is 8.84. The van der Waals surface area contributed by atoms with Crippen molar-refractivity contribution < 1.29 is 0 Å². The summed E-state index contributed by atoms with van der Waals surface area (Å²) in [6, 6.07) is 0.812. The van der Waals surface area contributed by atoms with E-state index in [1.807, 2.05) is 6.92 Å². The van der Waals surface area contributed by atoms with Gasteiger partial charge in [-0.15, -0.1) is 11.3 Å². The highest BCUT2D eigenvalue weighted by Gasteiger charge is 2.28. The van der Waals surface area contributed by atoms with E-state index in [2.05, 4.69) is 22.2 Å². The predicted octanol–water partition coefficient (Wildman–Crippen LogP) is 1.16. The molecule has 1 aliphatic heterocycles. The molecule has 0 saturated carbocycles. The minimum absolute atomic E-state index is 0.377. The molecular weight excluding hydrogens is 182 g/mol. The van der Waals surface area contributed by atoms with E-state index < -0.39 is 0 Å². The third-order valence-electron chi connectivity index (χ3n) is 2.55. The first-order valence-corrected chi connectivity index (χ1v) is 5.46. The van der Waals surface area contributed by atoms with E-state index in [-0.39, 0.29) is 0 Å². The molecule has 2 rings (SSSR count). The van der Waals surface area contributed by atoms with Crippen molar-refractivity contribution in [3.63, 3.8) is 0 Å². The summed E-state index contributed by atoms with van der Waals surface area (Å²) in [5.41, 5.74) is 6.92. The van der Waals surface area contributed by atoms with Gasteiger partial charge in [0.2, 0.25) is 0 Å². The summed E-state index contributed by atoms with van der Waals surface area (Å²) in [6.45, 7) is 6.26. The highest BCUT2D eigenvalue weighted by molar-refractivity contribution is 7.09. The lowest BCUT2D eigenvalue weighted by Gasteiger charge is -2.40. The molecule has 0 bridgehead atoms. The summed E-state index contributed by atoms with van der Waals surface area (Å²) in [4.78, 5) is 6.83. The van der Waals surface area contributed by atoms with Gasteiger partial charge in [0, 0.05) is 24.5 Å². The molecule has 0 aliphatic carbocycles. The molecule has 13 heavy (non-hydrogen) atoms. The van der Waals surface area contributed by atoms with E-state index >= 15 is 0 Å². The van der Waals surface area contributed by atoms with Crippen LogP contribution < -0.4 is 5.73 Å². The van der Waals surface area contributed by atoms with Gasteiger partial charge in [-0.25, -0.2) is 4.98 Å². The van der Waals surface area contributed by atoms with Crippen LogP contribution in [0.4, 0.5) is 0 Å². The monoisotopic (exact) mass is 197 g/mol. The van der Waals surface area contributed by atoms with Gasteiger partial charge in [-0.1, -0.05) is 0 Å². The molecule has 0 radical (unpaired) electrons. The molecule has 0 aromatic carbocycles. The zero-order chi connectivity index (χ0) is 9.42. The Morgan fingerprint density at radius 3 is 2.85 bits per heavy atom. The van der Waals surface area contributed by atoms with Crippen molar-refractivity contribution in [1.29, 1.82) is 0 Å². The van der Waals surface area contributed by atoms with E-state index in [9.17, 15) is 0 Å². The van der Waals surface area contributed by atoms with Crippen LogP contribution in [-0.2, 0) is 0 Å². The van der Waals surface area contributed by atoms with Crippen molar-refractivity contribution in [1.82, 2.24) is 9.88 Å². The number of hydrogen-bond acceptors (Lipinski definition) is 4. The van der Waals surface area contributed by atoms with Crippen LogP contribution >= 0.6 is 11.3 Å². The first-order valence-electron chi connectivity index (χ1n) is 4.58. The van der Waals surface area contributed by atoms with Gasteiger partial charge in [0.05, 0.1) is 16.7 Å². The average molecular weight is 197 g/mol. The van der Waals surface area contributed by atoms with E-state index in [1.54, 1.807) is 11.3 Å². The minimum atomic E-state index is 0.377. The fourth-order valence-electron chi connectivity index (χ4n) is 1.62. The molecule has 4 heteroatoms. The van der Waals surface area contributed by atoms with Crippen molar-refractivity contribution in [2.45, 2.75) is 25.9 Å². The van der Waals surface area contributed by atoms with Crippen molar-refractivity contribution >= 4 is 11.3 Å². The molecule has 1 atom stereocenters. The summed E-state index contributed by atoms with van der Waals surface area (Å²) < 4.78 is 0. The number of nitrogens with zero attached hydrogens (tertiary/aromatic N) is 2. The molecule has 2 N–H and O–H groups in total. The first-order chi connectivity index (χ1) is 6.16. The second-order valence-electron chi connectivity index (χ2n) is 3.68. The largest absolute Gasteiger partial charge is 0.325 e. The molecule has 3 nitrogen and oxygen atoms in total. The molecular formula is C9H15N3S. The van der Waals surface area contributed by atoms with E-state index in [0.29, 0.717) is 12.1 Å². The summed E-state index contributed by atoms with van der Waals surface area (Å²) in [6.07, 6.45) is 0. The normalized spacial score (nSPS) is 21.5. The van der Waals surface area contributed by atoms with Crippen molar-refractivity contribution in [3.8, 4) is 0 Å². The molecule has 1 aliphatic rings. The highest BCUT2D eigenvalue weighted by Crippen LogP contribution is 2.25. The van der Waals surface area contributed by atoms with Crippen molar-refractivity contribution in [2.24, 2.45) is 5.73 Å². The maximum Gasteiger partial charge on any atom is 0.0898 e. The summed E-state index contributed by atoms with van der Waals surface area (Å²) in [5, 5.41) is 3.29. The summed E-state index contributed by atoms with van der Waals surface area (Å²) >= 11 is 1.72. The Hall–Kier alpha value is -0.450. The van der Waals surface area contributed by atoms with Crippen LogP contribution in [0.3, 0.4) is 0 Å². The Balaban J connectivity index is 2.01. The predicted molar refractivity (Wildman–Crippen MR) is 54.8 cm³/mol. The average Bonchev–Trinajstić information content (AvgIpc) is 2.45. The van der Waals surface area contributed by atoms with Gasteiger partial charge in [0.25, 0.3) is 0 Å². The van der Waals surface area contributed by atoms with E-state index in [1.165, 1.54) is 5.69 Å². The van der Waals surface area contributed by atoms with Crippen molar-refractivity contribution in [3.05, 3.63) is 16.1 Å². The molecule has 0 spiro atoms. The van der Waals surface area contributed by atoms with Gasteiger partial charge in [-0.2, -0.15) is 0 Å². The Morgan fingerprint density at radius 1 is 1.69 bits per heavy atom. The lowest BCUT2D eigenvalue weighted by Crippen LogP contribution is -2.56. The van der Waals surface area contributed by atoms with Crippen LogP contribution in [0.25, 0.3) is 0 Å². The topological polar surface area (TPSA) is 42.2 Å². The molecule has 1 aromatic heterocycles. The standard InChI is InChI=1S/C9H15N3S/c1-6(12-3-8(10)4-12)9-5-13-7(2)11-9/h5-6,8H,3-4,10H2,1-2H3. The van der Waals surface area contributed by atoms with Gasteiger partial charge in [-0.05, 0) is 13.8 Å². The molecule has 0 amide bonds. The molecule has 72 valence electrons. The maximum absolute atomic E-state index is 5.73. The van der Waals surface area contributed by atoms with Crippen LogP contribution in [0.2, 0.25) is 0 Å². The van der Waals surface area contributed by atoms with Gasteiger partial charge in [0.15, 0.2) is 0 Å². The zero-order valence-electron chi connectivity index (χ0n) is 8.03. The third-order valence-corrected chi connectivity index (χ3v) is 3.34. The third kappa shape index (κ3) is 1.75. The quantitative estimate of drug-likeness (QED) is 0.773. The van der Waals surface area contributed by atoms with Gasteiger partial charge in [0.1, 0.15) is 0 Å². The number of aromatic nitrogens is 1. The molecule has 2 heterocycles. The second-order valence-corrected chi connectivity index (χ2v) is 4.74. The van der Waals surface area contributed by atoms with Crippen LogP contribution in [0.15, 0.2) is 5.38 Å². The molecule has 1 unspecified atom stereocenters. The molecule has 1 fully saturated rings. The van der Waals surface area contributed by atoms with E-state index in [4.69, 9.17) is 5.73 Å². The fraction of sp³-hybridized carbons (Fsp3) is 0.667. The summed E-state index contributed by atoms with van der Waals surface area (Å²) in [7, 11) is 0. The number of nitrogens with two attached hydrogens (primary N) is 1. The van der Waals surface area contributed by atoms with Crippen LogP contribution in [0.1, 0.15) is 23.7 Å². The Labute approximate surface area is 82.6 Å². The lowest BCUT2D eigenvalue weighted by atomic mass is 10.1. The lowest BCUT2D eigenvalue weighted by molar-refractivity contribution is 0.101. The highest BCUT2D eigenvalue weighted by atomic mass is 32.1. The SMILES string of the molecule is Cc1nc(C(C)N2CC(N)C2)cs1. The Bertz CT molecular complexity index is 291. The van der Waals surface area contributed by atoms with Gasteiger partial charge in [-0.3, -0.25) is 4.90 Å².